The number of halogens is 1. The molecule has 2 rings (SSSR count). The number of rotatable bonds is 7. The van der Waals surface area contributed by atoms with Crippen LogP contribution in [0.1, 0.15) is 22.8 Å². The van der Waals surface area contributed by atoms with Crippen molar-refractivity contribution in [1.29, 1.82) is 0 Å². The van der Waals surface area contributed by atoms with Gasteiger partial charge >= 0.3 is 5.97 Å². The van der Waals surface area contributed by atoms with Crippen molar-refractivity contribution in [2.24, 2.45) is 0 Å². The number of nitro groups is 1. The van der Waals surface area contributed by atoms with Crippen LogP contribution in [0.3, 0.4) is 0 Å². The molecule has 0 aliphatic carbocycles. The average Bonchev–Trinajstić information content (AvgIpc) is 2.64. The Balaban J connectivity index is 1.96. The van der Waals surface area contributed by atoms with Crippen molar-refractivity contribution in [3.63, 3.8) is 0 Å². The van der Waals surface area contributed by atoms with Gasteiger partial charge in [-0.2, -0.15) is 0 Å². The van der Waals surface area contributed by atoms with Gasteiger partial charge in [0.25, 0.3) is 11.6 Å². The second-order valence-corrected chi connectivity index (χ2v) is 5.42. The van der Waals surface area contributed by atoms with Crippen molar-refractivity contribution in [2.75, 3.05) is 13.2 Å². The predicted molar refractivity (Wildman–Crippen MR) is 90.9 cm³/mol. The zero-order valence-corrected chi connectivity index (χ0v) is 14.1. The van der Waals surface area contributed by atoms with Crippen LogP contribution >= 0.6 is 0 Å². The number of nitro benzene ring substituents is 1. The summed E-state index contributed by atoms with van der Waals surface area (Å²) in [5.74, 6) is -1.68. The fourth-order valence-corrected chi connectivity index (χ4v) is 2.28. The molecule has 26 heavy (non-hydrogen) atoms. The standard InChI is InChI=1S/C18H17FN2O5/c1-2-20(11-13-5-3-7-15(19)9-13)17(22)12-26-18(23)14-6-4-8-16(10-14)21(24)25/h3-10H,2,11-12H2,1H3. The number of likely N-dealkylation sites (N-methyl/N-ethyl adjacent to an activating group) is 1. The zero-order valence-electron chi connectivity index (χ0n) is 14.1. The maximum atomic E-state index is 13.2. The van der Waals surface area contributed by atoms with Gasteiger partial charge in [0.1, 0.15) is 5.82 Å². The van der Waals surface area contributed by atoms with Gasteiger partial charge in [0.2, 0.25) is 0 Å². The van der Waals surface area contributed by atoms with Gasteiger partial charge < -0.3 is 9.64 Å². The number of esters is 1. The van der Waals surface area contributed by atoms with E-state index >= 15 is 0 Å². The van der Waals surface area contributed by atoms with E-state index in [1.54, 1.807) is 19.1 Å². The van der Waals surface area contributed by atoms with E-state index < -0.39 is 29.2 Å². The molecule has 0 saturated heterocycles. The molecule has 2 aromatic carbocycles. The molecule has 0 bridgehead atoms. The molecule has 1 amide bonds. The van der Waals surface area contributed by atoms with Crippen LogP contribution in [-0.4, -0.2) is 34.9 Å². The van der Waals surface area contributed by atoms with Crippen molar-refractivity contribution >= 4 is 17.6 Å². The first-order chi connectivity index (χ1) is 12.4. The Morgan fingerprint density at radius 2 is 1.92 bits per heavy atom. The molecule has 0 N–H and O–H groups in total. The molecule has 0 radical (unpaired) electrons. The third-order valence-electron chi connectivity index (χ3n) is 3.62. The Bertz CT molecular complexity index is 825. The molecule has 136 valence electrons. The molecule has 0 spiro atoms. The van der Waals surface area contributed by atoms with E-state index in [0.29, 0.717) is 12.1 Å². The number of amides is 1. The van der Waals surface area contributed by atoms with Gasteiger partial charge in [0.15, 0.2) is 6.61 Å². The highest BCUT2D eigenvalue weighted by molar-refractivity contribution is 5.91. The van der Waals surface area contributed by atoms with Crippen molar-refractivity contribution < 1.29 is 23.6 Å². The molecule has 8 heteroatoms. The molecule has 0 unspecified atom stereocenters. The lowest BCUT2D eigenvalue weighted by Crippen LogP contribution is -2.34. The van der Waals surface area contributed by atoms with Crippen molar-refractivity contribution in [3.8, 4) is 0 Å². The number of carbonyl (C=O) groups is 2. The third kappa shape index (κ3) is 5.10. The molecule has 0 aliphatic rings. The highest BCUT2D eigenvalue weighted by Crippen LogP contribution is 2.14. The van der Waals surface area contributed by atoms with Crippen molar-refractivity contribution in [1.82, 2.24) is 4.90 Å². The van der Waals surface area contributed by atoms with Gasteiger partial charge in [-0.1, -0.05) is 18.2 Å². The lowest BCUT2D eigenvalue weighted by molar-refractivity contribution is -0.384. The third-order valence-corrected chi connectivity index (χ3v) is 3.62. The summed E-state index contributed by atoms with van der Waals surface area (Å²) in [6, 6.07) is 10.9. The smallest absolute Gasteiger partial charge is 0.338 e. The molecular formula is C18H17FN2O5. The van der Waals surface area contributed by atoms with E-state index in [9.17, 15) is 24.1 Å². The van der Waals surface area contributed by atoms with Crippen LogP contribution in [0.25, 0.3) is 0 Å². The maximum absolute atomic E-state index is 13.2. The molecular weight excluding hydrogens is 343 g/mol. The minimum atomic E-state index is -0.830. The minimum absolute atomic E-state index is 0.0137. The molecule has 0 aromatic heterocycles. The Labute approximate surface area is 149 Å². The predicted octanol–water partition coefficient (Wildman–Crippen LogP) is 2.94. The normalized spacial score (nSPS) is 10.2. The van der Waals surface area contributed by atoms with Crippen molar-refractivity contribution in [2.45, 2.75) is 13.5 Å². The first kappa shape index (κ1) is 19.0. The first-order valence-electron chi connectivity index (χ1n) is 7.84. The number of carbonyl (C=O) groups excluding carboxylic acids is 2. The fraction of sp³-hybridized carbons (Fsp3) is 0.222. The molecule has 0 saturated carbocycles. The number of hydrogen-bond donors (Lipinski definition) is 0. The number of non-ortho nitro benzene ring substituents is 1. The summed E-state index contributed by atoms with van der Waals surface area (Å²) in [5.41, 5.74) is 0.359. The van der Waals surface area contributed by atoms with Gasteiger partial charge in [0, 0.05) is 25.2 Å². The molecule has 0 fully saturated rings. The topological polar surface area (TPSA) is 89.8 Å². The van der Waals surface area contributed by atoms with Gasteiger partial charge in [0.05, 0.1) is 10.5 Å². The average molecular weight is 360 g/mol. The van der Waals surface area contributed by atoms with Gasteiger partial charge in [-0.3, -0.25) is 14.9 Å². The van der Waals surface area contributed by atoms with Crippen molar-refractivity contribution in [3.05, 3.63) is 75.6 Å². The highest BCUT2D eigenvalue weighted by atomic mass is 19.1. The molecule has 7 nitrogen and oxygen atoms in total. The van der Waals surface area contributed by atoms with E-state index in [0.717, 1.165) is 6.07 Å². The first-order valence-corrected chi connectivity index (χ1v) is 7.84. The van der Waals surface area contributed by atoms with Crippen LogP contribution in [0.5, 0.6) is 0 Å². The SMILES string of the molecule is CCN(Cc1cccc(F)c1)C(=O)COC(=O)c1cccc([N+](=O)[O-])c1. The quantitative estimate of drug-likeness (QED) is 0.430. The summed E-state index contributed by atoms with van der Waals surface area (Å²) < 4.78 is 18.2. The van der Waals surface area contributed by atoms with Gasteiger partial charge in [-0.05, 0) is 30.7 Å². The monoisotopic (exact) mass is 360 g/mol. The van der Waals surface area contributed by atoms with Gasteiger partial charge in [-0.25, -0.2) is 9.18 Å². The lowest BCUT2D eigenvalue weighted by Gasteiger charge is -2.21. The number of hydrogen-bond acceptors (Lipinski definition) is 5. The summed E-state index contributed by atoms with van der Waals surface area (Å²) in [6.07, 6.45) is 0. The van der Waals surface area contributed by atoms with E-state index in [1.807, 2.05) is 0 Å². The van der Waals surface area contributed by atoms with E-state index in [2.05, 4.69) is 0 Å². The Morgan fingerprint density at radius 1 is 1.19 bits per heavy atom. The van der Waals surface area contributed by atoms with Gasteiger partial charge in [-0.15, -0.1) is 0 Å². The highest BCUT2D eigenvalue weighted by Gasteiger charge is 2.17. The number of ether oxygens (including phenoxy) is 1. The Kier molecular flexibility index (Phi) is 6.37. The van der Waals surface area contributed by atoms with Crippen LogP contribution in [0, 0.1) is 15.9 Å². The summed E-state index contributed by atoms with van der Waals surface area (Å²) in [7, 11) is 0. The minimum Gasteiger partial charge on any atom is -0.452 e. The second kappa shape index (κ2) is 8.70. The van der Waals surface area contributed by atoms with Crippen LogP contribution in [0.2, 0.25) is 0 Å². The second-order valence-electron chi connectivity index (χ2n) is 5.42. The number of benzene rings is 2. The molecule has 0 atom stereocenters. The largest absolute Gasteiger partial charge is 0.452 e. The number of nitrogens with zero attached hydrogens (tertiary/aromatic N) is 2. The summed E-state index contributed by atoms with van der Waals surface area (Å²) in [4.78, 5) is 35.7. The van der Waals surface area contributed by atoms with E-state index in [4.69, 9.17) is 4.74 Å². The summed E-state index contributed by atoms with van der Waals surface area (Å²) in [6.45, 7) is 1.77. The fourth-order valence-electron chi connectivity index (χ4n) is 2.28. The van der Waals surface area contributed by atoms with Crippen LogP contribution in [0.15, 0.2) is 48.5 Å². The molecule has 0 aliphatic heterocycles. The Morgan fingerprint density at radius 3 is 2.58 bits per heavy atom. The maximum Gasteiger partial charge on any atom is 0.338 e. The van der Waals surface area contributed by atoms with Crippen LogP contribution < -0.4 is 0 Å². The molecule has 2 aromatic rings. The van der Waals surface area contributed by atoms with Crippen LogP contribution in [0.4, 0.5) is 10.1 Å². The van der Waals surface area contributed by atoms with E-state index in [1.165, 1.54) is 35.2 Å². The summed E-state index contributed by atoms with van der Waals surface area (Å²) >= 11 is 0. The lowest BCUT2D eigenvalue weighted by atomic mass is 10.2. The Hall–Kier alpha value is -3.29. The van der Waals surface area contributed by atoms with Crippen LogP contribution in [-0.2, 0) is 16.1 Å². The van der Waals surface area contributed by atoms with E-state index in [-0.39, 0.29) is 17.8 Å². The zero-order chi connectivity index (χ0) is 19.1. The molecule has 0 heterocycles. The summed E-state index contributed by atoms with van der Waals surface area (Å²) in [5, 5.41) is 10.7.